The Labute approximate surface area is 161 Å². The summed E-state index contributed by atoms with van der Waals surface area (Å²) in [5.74, 6) is -1.86. The van der Waals surface area contributed by atoms with Crippen molar-refractivity contribution in [3.8, 4) is 0 Å². The molecule has 2 aromatic heterocycles. The Hall–Kier alpha value is -3.36. The normalized spacial score (nSPS) is 10.5. The molecule has 2 rings (SSSR count). The molecule has 1 N–H and O–H groups in total. The van der Waals surface area contributed by atoms with Crippen molar-refractivity contribution in [2.24, 2.45) is 0 Å². The number of carbonyl (C=O) groups excluding carboxylic acids is 4. The maximum Gasteiger partial charge on any atom is 0.344 e. The number of hydrogen-bond donors (Lipinski definition) is 1. The fraction of sp³-hybridized carbons (Fsp3) is 0.368. The summed E-state index contributed by atoms with van der Waals surface area (Å²) in [6, 6.07) is 1.50. The van der Waals surface area contributed by atoms with E-state index >= 15 is 0 Å². The van der Waals surface area contributed by atoms with Crippen molar-refractivity contribution >= 4 is 29.5 Å². The van der Waals surface area contributed by atoms with E-state index in [2.05, 4.69) is 5.32 Å². The lowest BCUT2D eigenvalue weighted by atomic mass is 10.1. The van der Waals surface area contributed by atoms with Gasteiger partial charge in [-0.3, -0.25) is 14.9 Å². The lowest BCUT2D eigenvalue weighted by Gasteiger charge is -2.07. The van der Waals surface area contributed by atoms with E-state index in [0.717, 1.165) is 0 Å². The smallest absolute Gasteiger partial charge is 0.344 e. The minimum atomic E-state index is -0.804. The van der Waals surface area contributed by atoms with Crippen molar-refractivity contribution in [3.05, 3.63) is 40.0 Å². The van der Waals surface area contributed by atoms with Crippen LogP contribution in [0.3, 0.4) is 0 Å². The highest BCUT2D eigenvalue weighted by molar-refractivity contribution is 6.10. The number of esters is 2. The molecule has 0 unspecified atom stereocenters. The number of nitrogens with one attached hydrogen (secondary N) is 1. The van der Waals surface area contributed by atoms with Crippen LogP contribution in [0.2, 0.25) is 0 Å². The van der Waals surface area contributed by atoms with Crippen LogP contribution in [-0.4, -0.2) is 36.8 Å². The molecule has 0 saturated heterocycles. The van der Waals surface area contributed by atoms with Crippen molar-refractivity contribution in [1.82, 2.24) is 0 Å². The number of ether oxygens (including phenoxy) is 2. The first-order chi connectivity index (χ1) is 13.1. The van der Waals surface area contributed by atoms with E-state index in [1.165, 1.54) is 19.9 Å². The average molecular weight is 391 g/mol. The van der Waals surface area contributed by atoms with E-state index < -0.39 is 30.2 Å². The number of anilines is 1. The molecule has 2 heterocycles. The molecule has 0 saturated carbocycles. The molecule has 0 aliphatic heterocycles. The molecule has 0 aromatic carbocycles. The summed E-state index contributed by atoms with van der Waals surface area (Å²) < 4.78 is 20.5. The van der Waals surface area contributed by atoms with Gasteiger partial charge in [0.25, 0.3) is 5.91 Å². The first-order valence-electron chi connectivity index (χ1n) is 8.51. The number of carbonyl (C=O) groups is 4. The van der Waals surface area contributed by atoms with Crippen molar-refractivity contribution in [2.45, 2.75) is 34.6 Å². The van der Waals surface area contributed by atoms with Crippen molar-refractivity contribution in [2.75, 3.05) is 18.5 Å². The maximum atomic E-state index is 12.2. The van der Waals surface area contributed by atoms with Gasteiger partial charge in [0.1, 0.15) is 28.4 Å². The first-order valence-corrected chi connectivity index (χ1v) is 8.51. The molecule has 0 atom stereocenters. The Kier molecular flexibility index (Phi) is 6.40. The first kappa shape index (κ1) is 20.9. The summed E-state index contributed by atoms with van der Waals surface area (Å²) >= 11 is 0. The maximum absolute atomic E-state index is 12.2. The van der Waals surface area contributed by atoms with Gasteiger partial charge in [0.05, 0.1) is 12.2 Å². The van der Waals surface area contributed by atoms with Crippen LogP contribution >= 0.6 is 0 Å². The zero-order valence-electron chi connectivity index (χ0n) is 16.3. The van der Waals surface area contributed by atoms with Gasteiger partial charge in [0, 0.05) is 0 Å². The van der Waals surface area contributed by atoms with Crippen molar-refractivity contribution in [1.29, 1.82) is 0 Å². The molecule has 9 heteroatoms. The Morgan fingerprint density at radius 3 is 2.18 bits per heavy atom. The summed E-state index contributed by atoms with van der Waals surface area (Å²) in [6.45, 7) is 7.09. The van der Waals surface area contributed by atoms with Crippen molar-refractivity contribution in [3.63, 3.8) is 0 Å². The Bertz CT molecular complexity index is 934. The monoisotopic (exact) mass is 391 g/mol. The zero-order chi connectivity index (χ0) is 21.0. The third kappa shape index (κ3) is 4.48. The van der Waals surface area contributed by atoms with Gasteiger partial charge in [-0.15, -0.1) is 0 Å². The van der Waals surface area contributed by atoms with Gasteiger partial charge >= 0.3 is 11.9 Å². The van der Waals surface area contributed by atoms with Gasteiger partial charge in [-0.2, -0.15) is 0 Å². The third-order valence-electron chi connectivity index (χ3n) is 3.76. The number of amides is 1. The molecule has 9 nitrogen and oxygen atoms in total. The van der Waals surface area contributed by atoms with Gasteiger partial charge in [-0.05, 0) is 40.7 Å². The Morgan fingerprint density at radius 1 is 0.964 bits per heavy atom. The summed E-state index contributed by atoms with van der Waals surface area (Å²) in [4.78, 5) is 48.2. The van der Waals surface area contributed by atoms with Crippen LogP contribution in [0.4, 0.5) is 5.88 Å². The number of aryl methyl sites for hydroxylation is 3. The van der Waals surface area contributed by atoms with Gasteiger partial charge in [-0.1, -0.05) is 0 Å². The lowest BCUT2D eigenvalue weighted by Crippen LogP contribution is -2.22. The molecular weight excluding hydrogens is 370 g/mol. The van der Waals surface area contributed by atoms with E-state index in [1.807, 2.05) is 0 Å². The van der Waals surface area contributed by atoms with Crippen LogP contribution in [0.25, 0.3) is 0 Å². The van der Waals surface area contributed by atoms with Gasteiger partial charge in [0.15, 0.2) is 12.4 Å². The molecular formula is C19H21NO8. The molecule has 28 heavy (non-hydrogen) atoms. The van der Waals surface area contributed by atoms with E-state index in [9.17, 15) is 19.2 Å². The second kappa shape index (κ2) is 8.55. The standard InChI is InChI=1S/C19H21NO8/c1-6-25-19(24)16-15(10(3)21)12(5)28-17(16)20-14(22)8-26-18(23)13-7-9(2)27-11(13)4/h7H,6,8H2,1-5H3,(H,20,22). The quantitative estimate of drug-likeness (QED) is 0.564. The SMILES string of the molecule is CCOC(=O)c1c(NC(=O)COC(=O)c2cc(C)oc2C)oc(C)c1C(C)=O. The van der Waals surface area contributed by atoms with E-state index in [-0.39, 0.29) is 34.9 Å². The highest BCUT2D eigenvalue weighted by Gasteiger charge is 2.29. The number of hydrogen-bond acceptors (Lipinski definition) is 8. The minimum absolute atomic E-state index is 0.0234. The highest BCUT2D eigenvalue weighted by Crippen LogP contribution is 2.28. The molecule has 0 aliphatic carbocycles. The topological polar surface area (TPSA) is 125 Å². The van der Waals surface area contributed by atoms with Crippen LogP contribution in [-0.2, 0) is 14.3 Å². The third-order valence-corrected chi connectivity index (χ3v) is 3.76. The Balaban J connectivity index is 2.14. The lowest BCUT2D eigenvalue weighted by molar-refractivity contribution is -0.119. The minimum Gasteiger partial charge on any atom is -0.466 e. The van der Waals surface area contributed by atoms with Crippen LogP contribution in [0.1, 0.15) is 62.2 Å². The van der Waals surface area contributed by atoms with Gasteiger partial charge in [0.2, 0.25) is 5.88 Å². The van der Waals surface area contributed by atoms with Crippen molar-refractivity contribution < 1.29 is 37.5 Å². The van der Waals surface area contributed by atoms with Crippen LogP contribution in [0.15, 0.2) is 14.9 Å². The molecule has 150 valence electrons. The molecule has 0 spiro atoms. The predicted octanol–water partition coefficient (Wildman–Crippen LogP) is 2.97. The van der Waals surface area contributed by atoms with Crippen LogP contribution in [0, 0.1) is 20.8 Å². The number of rotatable bonds is 7. The number of furan rings is 2. The summed E-state index contributed by atoms with van der Waals surface area (Å²) in [5, 5.41) is 2.33. The number of Topliss-reactive ketones (excluding diaryl/α,β-unsaturated/α-hetero) is 1. The molecule has 1 amide bonds. The van der Waals surface area contributed by atoms with Gasteiger partial charge in [-0.25, -0.2) is 9.59 Å². The molecule has 2 aromatic rings. The second-order valence-corrected chi connectivity index (χ2v) is 5.97. The molecule has 0 bridgehead atoms. The van der Waals surface area contributed by atoms with Gasteiger partial charge < -0.3 is 18.3 Å². The predicted molar refractivity (Wildman–Crippen MR) is 96.5 cm³/mol. The zero-order valence-corrected chi connectivity index (χ0v) is 16.3. The molecule has 0 aliphatic rings. The molecule has 0 fully saturated rings. The highest BCUT2D eigenvalue weighted by atomic mass is 16.5. The summed E-state index contributed by atoms with van der Waals surface area (Å²) in [7, 11) is 0. The number of ketones is 1. The fourth-order valence-corrected chi connectivity index (χ4v) is 2.66. The van der Waals surface area contributed by atoms with E-state index in [1.54, 1.807) is 20.8 Å². The average Bonchev–Trinajstić information content (AvgIpc) is 3.11. The van der Waals surface area contributed by atoms with E-state index in [0.29, 0.717) is 11.5 Å². The second-order valence-electron chi connectivity index (χ2n) is 5.97. The largest absolute Gasteiger partial charge is 0.466 e. The van der Waals surface area contributed by atoms with Crippen LogP contribution in [0.5, 0.6) is 0 Å². The molecule has 0 radical (unpaired) electrons. The van der Waals surface area contributed by atoms with E-state index in [4.69, 9.17) is 18.3 Å². The summed E-state index contributed by atoms with van der Waals surface area (Å²) in [5.41, 5.74) is 0.0632. The fourth-order valence-electron chi connectivity index (χ4n) is 2.66. The van der Waals surface area contributed by atoms with Crippen LogP contribution < -0.4 is 5.32 Å². The summed E-state index contributed by atoms with van der Waals surface area (Å²) in [6.07, 6.45) is 0. The Morgan fingerprint density at radius 2 is 1.64 bits per heavy atom.